The average Bonchev–Trinajstić information content (AvgIpc) is 2.94. The number of nitrogens with two attached hydrogens (primary N) is 1. The van der Waals surface area contributed by atoms with Gasteiger partial charge < -0.3 is 10.2 Å². The number of hydrogen-bond acceptors (Lipinski definition) is 3. The summed E-state index contributed by atoms with van der Waals surface area (Å²) in [6, 6.07) is 11.6. The van der Waals surface area contributed by atoms with E-state index in [2.05, 4.69) is 38.1 Å². The van der Waals surface area contributed by atoms with Gasteiger partial charge in [-0.2, -0.15) is 0 Å². The van der Waals surface area contributed by atoms with Crippen molar-refractivity contribution in [2.75, 3.05) is 5.73 Å². The molecule has 0 radical (unpaired) electrons. The summed E-state index contributed by atoms with van der Waals surface area (Å²) in [5, 5.41) is 0.607. The molecule has 24 heavy (non-hydrogen) atoms. The van der Waals surface area contributed by atoms with E-state index in [-0.39, 0.29) is 5.43 Å². The highest BCUT2D eigenvalue weighted by molar-refractivity contribution is 5.88. The van der Waals surface area contributed by atoms with Gasteiger partial charge in [-0.05, 0) is 61.6 Å². The van der Waals surface area contributed by atoms with Crippen molar-refractivity contribution in [2.45, 2.75) is 26.7 Å². The van der Waals surface area contributed by atoms with Crippen molar-refractivity contribution in [3.63, 3.8) is 0 Å². The summed E-state index contributed by atoms with van der Waals surface area (Å²) in [7, 11) is 0. The normalized spacial score (nSPS) is 15.2. The number of allylic oxidation sites excluding steroid dienone is 1. The van der Waals surface area contributed by atoms with Crippen molar-refractivity contribution < 1.29 is 4.42 Å². The Hall–Kier alpha value is -2.81. The molecule has 0 fully saturated rings. The average molecular weight is 317 g/mol. The Morgan fingerprint density at radius 2 is 1.92 bits per heavy atom. The zero-order chi connectivity index (χ0) is 16.8. The summed E-state index contributed by atoms with van der Waals surface area (Å²) in [6.45, 7) is 4.18. The number of nitrogen functional groups attached to an aromatic ring is 1. The van der Waals surface area contributed by atoms with Crippen LogP contribution in [-0.4, -0.2) is 0 Å². The van der Waals surface area contributed by atoms with Gasteiger partial charge in [0.05, 0.1) is 5.39 Å². The summed E-state index contributed by atoms with van der Waals surface area (Å²) in [5.41, 5.74) is 12.5. The third-order valence-corrected chi connectivity index (χ3v) is 4.71. The van der Waals surface area contributed by atoms with Crippen molar-refractivity contribution in [3.05, 3.63) is 74.6 Å². The Labute approximate surface area is 140 Å². The summed E-state index contributed by atoms with van der Waals surface area (Å²) in [5.74, 6) is 0.721. The monoisotopic (exact) mass is 317 g/mol. The zero-order valence-electron chi connectivity index (χ0n) is 13.8. The first-order valence-corrected chi connectivity index (χ1v) is 8.16. The third-order valence-electron chi connectivity index (χ3n) is 4.71. The van der Waals surface area contributed by atoms with Crippen LogP contribution >= 0.6 is 0 Å². The van der Waals surface area contributed by atoms with Crippen LogP contribution in [0.25, 0.3) is 22.6 Å². The van der Waals surface area contributed by atoms with Crippen LogP contribution in [0.15, 0.2) is 45.6 Å². The van der Waals surface area contributed by atoms with Crippen LogP contribution < -0.4 is 11.2 Å². The maximum Gasteiger partial charge on any atom is 0.196 e. The Morgan fingerprint density at radius 3 is 2.75 bits per heavy atom. The highest BCUT2D eigenvalue weighted by atomic mass is 16.3. The van der Waals surface area contributed by atoms with Crippen molar-refractivity contribution >= 4 is 28.3 Å². The van der Waals surface area contributed by atoms with Crippen LogP contribution in [0.1, 0.15) is 34.4 Å². The van der Waals surface area contributed by atoms with Crippen LogP contribution in [0.5, 0.6) is 0 Å². The van der Waals surface area contributed by atoms with E-state index in [9.17, 15) is 4.79 Å². The fourth-order valence-corrected chi connectivity index (χ4v) is 3.35. The van der Waals surface area contributed by atoms with Crippen LogP contribution in [0.2, 0.25) is 0 Å². The lowest BCUT2D eigenvalue weighted by atomic mass is 10.0. The van der Waals surface area contributed by atoms with E-state index >= 15 is 0 Å². The van der Waals surface area contributed by atoms with Crippen LogP contribution in [0, 0.1) is 13.8 Å². The number of fused-ring (bicyclic) bond motifs is 2. The second kappa shape index (κ2) is 5.38. The van der Waals surface area contributed by atoms with Crippen molar-refractivity contribution in [3.8, 4) is 0 Å². The number of hydrogen-bond donors (Lipinski definition) is 1. The summed E-state index contributed by atoms with van der Waals surface area (Å²) >= 11 is 0. The molecule has 0 aliphatic heterocycles. The van der Waals surface area contributed by atoms with Crippen LogP contribution in [-0.2, 0) is 6.42 Å². The summed E-state index contributed by atoms with van der Waals surface area (Å²) in [4.78, 5) is 12.7. The van der Waals surface area contributed by atoms with Gasteiger partial charge in [-0.25, -0.2) is 0 Å². The molecule has 1 aromatic heterocycles. The van der Waals surface area contributed by atoms with E-state index < -0.39 is 0 Å². The largest absolute Gasteiger partial charge is 0.456 e. The first-order valence-electron chi connectivity index (χ1n) is 8.16. The Morgan fingerprint density at radius 1 is 1.08 bits per heavy atom. The SMILES string of the molecule is Cc1ccc(C)c(C=C2CCc3c2oc2cc(N)ccc2c3=O)c1. The van der Waals surface area contributed by atoms with E-state index in [4.69, 9.17) is 10.2 Å². The molecular weight excluding hydrogens is 298 g/mol. The van der Waals surface area contributed by atoms with Crippen molar-refractivity contribution in [2.24, 2.45) is 0 Å². The minimum absolute atomic E-state index is 0.0654. The molecule has 0 spiro atoms. The predicted molar refractivity (Wildman–Crippen MR) is 99.0 cm³/mol. The van der Waals surface area contributed by atoms with Gasteiger partial charge in [0.2, 0.25) is 0 Å². The molecule has 0 bridgehead atoms. The van der Waals surface area contributed by atoms with E-state index in [1.165, 1.54) is 16.7 Å². The molecular formula is C21H19NO2. The second-order valence-electron chi connectivity index (χ2n) is 6.52. The minimum Gasteiger partial charge on any atom is -0.456 e. The molecule has 3 nitrogen and oxygen atoms in total. The molecule has 0 saturated heterocycles. The van der Waals surface area contributed by atoms with E-state index in [1.807, 2.05) is 0 Å². The van der Waals surface area contributed by atoms with E-state index in [1.54, 1.807) is 18.2 Å². The molecule has 1 aliphatic carbocycles. The van der Waals surface area contributed by atoms with Gasteiger partial charge in [0, 0.05) is 17.3 Å². The predicted octanol–water partition coefficient (Wildman–Crippen LogP) is 4.48. The molecule has 3 aromatic rings. The molecule has 3 heteroatoms. The Bertz CT molecular complexity index is 1060. The van der Waals surface area contributed by atoms with Gasteiger partial charge in [-0.15, -0.1) is 0 Å². The Kier molecular flexibility index (Phi) is 3.31. The Balaban J connectivity index is 1.93. The van der Waals surface area contributed by atoms with Gasteiger partial charge in [-0.1, -0.05) is 23.8 Å². The third kappa shape index (κ3) is 2.33. The molecule has 0 unspecified atom stereocenters. The van der Waals surface area contributed by atoms with Crippen molar-refractivity contribution in [1.29, 1.82) is 0 Å². The number of aryl methyl sites for hydroxylation is 2. The number of benzene rings is 2. The molecule has 0 saturated carbocycles. The maximum atomic E-state index is 12.7. The van der Waals surface area contributed by atoms with Gasteiger partial charge in [-0.3, -0.25) is 4.79 Å². The molecule has 1 aliphatic rings. The van der Waals surface area contributed by atoms with Gasteiger partial charge >= 0.3 is 0 Å². The topological polar surface area (TPSA) is 56.2 Å². The number of anilines is 1. The second-order valence-corrected chi connectivity index (χ2v) is 6.52. The fraction of sp³-hybridized carbons (Fsp3) is 0.190. The van der Waals surface area contributed by atoms with Crippen LogP contribution in [0.4, 0.5) is 5.69 Å². The lowest BCUT2D eigenvalue weighted by Gasteiger charge is -2.06. The standard InChI is InChI=1S/C21H19NO2/c1-12-3-4-13(2)15(9-12)10-14-5-7-18-20(23)17-8-6-16(22)11-19(17)24-21(14)18/h3-4,6,8-11H,5,7,22H2,1-2H3. The molecule has 2 aromatic carbocycles. The fourth-order valence-electron chi connectivity index (χ4n) is 3.35. The molecule has 4 rings (SSSR count). The molecule has 0 atom stereocenters. The lowest BCUT2D eigenvalue weighted by Crippen LogP contribution is -2.08. The van der Waals surface area contributed by atoms with E-state index in [0.717, 1.165) is 29.7 Å². The number of rotatable bonds is 1. The first kappa shape index (κ1) is 14.8. The van der Waals surface area contributed by atoms with Gasteiger partial charge in [0.1, 0.15) is 11.3 Å². The minimum atomic E-state index is 0.0654. The van der Waals surface area contributed by atoms with E-state index in [0.29, 0.717) is 16.7 Å². The van der Waals surface area contributed by atoms with Gasteiger partial charge in [0.15, 0.2) is 5.43 Å². The first-order chi connectivity index (χ1) is 11.5. The van der Waals surface area contributed by atoms with Crippen LogP contribution in [0.3, 0.4) is 0 Å². The molecule has 2 N–H and O–H groups in total. The quantitative estimate of drug-likeness (QED) is 0.673. The smallest absolute Gasteiger partial charge is 0.196 e. The van der Waals surface area contributed by atoms with Crippen molar-refractivity contribution in [1.82, 2.24) is 0 Å². The summed E-state index contributed by atoms with van der Waals surface area (Å²) in [6.07, 6.45) is 3.71. The highest BCUT2D eigenvalue weighted by Gasteiger charge is 2.24. The highest BCUT2D eigenvalue weighted by Crippen LogP contribution is 2.34. The molecule has 1 heterocycles. The summed E-state index contributed by atoms with van der Waals surface area (Å²) < 4.78 is 6.07. The zero-order valence-corrected chi connectivity index (χ0v) is 13.8. The molecule has 0 amide bonds. The van der Waals surface area contributed by atoms with Gasteiger partial charge in [0.25, 0.3) is 0 Å². The maximum absolute atomic E-state index is 12.7. The lowest BCUT2D eigenvalue weighted by molar-refractivity contribution is 0.585. The molecule has 120 valence electrons.